The van der Waals surface area contributed by atoms with Gasteiger partial charge in [-0.2, -0.15) is 0 Å². The first-order chi connectivity index (χ1) is 7.44. The first-order valence-corrected chi connectivity index (χ1v) is 5.45. The van der Waals surface area contributed by atoms with Crippen LogP contribution in [0.25, 0.3) is 0 Å². The molecule has 1 N–H and O–H groups in total. The van der Waals surface area contributed by atoms with Crippen LogP contribution in [0.15, 0.2) is 18.2 Å². The van der Waals surface area contributed by atoms with Crippen molar-refractivity contribution in [3.63, 3.8) is 0 Å². The van der Waals surface area contributed by atoms with Gasteiger partial charge >= 0.3 is 5.97 Å². The van der Waals surface area contributed by atoms with Crippen molar-refractivity contribution in [2.24, 2.45) is 5.41 Å². The Labute approximate surface area is 94.1 Å². The van der Waals surface area contributed by atoms with Gasteiger partial charge in [0.15, 0.2) is 0 Å². The highest BCUT2D eigenvalue weighted by Gasteiger charge is 2.42. The number of carboxylic acid groups (broad SMARTS) is 1. The van der Waals surface area contributed by atoms with E-state index in [1.54, 1.807) is 19.9 Å². The lowest BCUT2D eigenvalue weighted by atomic mass is 9.75. The first-order valence-electron chi connectivity index (χ1n) is 5.45. The van der Waals surface area contributed by atoms with E-state index in [0.717, 1.165) is 18.4 Å². The lowest BCUT2D eigenvalue weighted by Crippen LogP contribution is -2.30. The van der Waals surface area contributed by atoms with Crippen LogP contribution in [0.5, 0.6) is 0 Å². The van der Waals surface area contributed by atoms with Crippen molar-refractivity contribution in [1.82, 2.24) is 0 Å². The van der Waals surface area contributed by atoms with Crippen LogP contribution in [0, 0.1) is 11.2 Å². The maximum Gasteiger partial charge on any atom is 0.309 e. The molecule has 0 saturated carbocycles. The second-order valence-corrected chi connectivity index (χ2v) is 4.93. The number of halogens is 1. The van der Waals surface area contributed by atoms with Gasteiger partial charge in [-0.1, -0.05) is 12.1 Å². The summed E-state index contributed by atoms with van der Waals surface area (Å²) < 4.78 is 13.7. The molecule has 0 amide bonds. The van der Waals surface area contributed by atoms with Crippen LogP contribution >= 0.6 is 0 Å². The third-order valence-corrected chi connectivity index (χ3v) is 3.62. The molecule has 1 aromatic carbocycles. The Bertz CT molecular complexity index is 438. The largest absolute Gasteiger partial charge is 0.481 e. The number of aliphatic carboxylic acids is 1. The van der Waals surface area contributed by atoms with Crippen LogP contribution in [-0.2, 0) is 11.2 Å². The van der Waals surface area contributed by atoms with Gasteiger partial charge in [-0.05, 0) is 43.9 Å². The van der Waals surface area contributed by atoms with Gasteiger partial charge in [0.05, 0.1) is 5.41 Å². The normalized spacial score (nSPS) is 19.6. The van der Waals surface area contributed by atoms with Crippen LogP contribution in [0.4, 0.5) is 4.39 Å². The molecule has 1 unspecified atom stereocenters. The zero-order valence-electron chi connectivity index (χ0n) is 9.46. The number of rotatable bonds is 2. The smallest absolute Gasteiger partial charge is 0.309 e. The Balaban J connectivity index is 2.48. The highest BCUT2D eigenvalue weighted by Crippen LogP contribution is 2.46. The average Bonchev–Trinajstić information content (AvgIpc) is 2.63. The molecule has 1 aromatic rings. The molecule has 0 fully saturated rings. The highest BCUT2D eigenvalue weighted by molar-refractivity contribution is 5.75. The molecule has 1 aliphatic carbocycles. The Hall–Kier alpha value is -1.38. The summed E-state index contributed by atoms with van der Waals surface area (Å²) in [7, 11) is 0. The molecule has 0 spiro atoms. The lowest BCUT2D eigenvalue weighted by Gasteiger charge is -2.27. The summed E-state index contributed by atoms with van der Waals surface area (Å²) in [6, 6.07) is 4.98. The van der Waals surface area contributed by atoms with Crippen molar-refractivity contribution in [2.45, 2.75) is 32.6 Å². The number of hydrogen-bond donors (Lipinski definition) is 1. The number of carbonyl (C=O) groups is 1. The number of benzene rings is 1. The maximum absolute atomic E-state index is 13.7. The summed E-state index contributed by atoms with van der Waals surface area (Å²) in [5, 5.41) is 9.20. The van der Waals surface area contributed by atoms with Gasteiger partial charge in [0.1, 0.15) is 5.82 Å². The number of hydrogen-bond acceptors (Lipinski definition) is 1. The first kappa shape index (κ1) is 11.1. The monoisotopic (exact) mass is 222 g/mol. The van der Waals surface area contributed by atoms with E-state index in [0.29, 0.717) is 5.56 Å². The zero-order valence-corrected chi connectivity index (χ0v) is 9.46. The average molecular weight is 222 g/mol. The van der Waals surface area contributed by atoms with Crippen molar-refractivity contribution in [3.8, 4) is 0 Å². The summed E-state index contributed by atoms with van der Waals surface area (Å²) in [5.74, 6) is -1.36. The lowest BCUT2D eigenvalue weighted by molar-refractivity contribution is -0.148. The Morgan fingerprint density at radius 2 is 2.19 bits per heavy atom. The summed E-state index contributed by atoms with van der Waals surface area (Å²) in [5.41, 5.74) is 0.655. The molecule has 16 heavy (non-hydrogen) atoms. The topological polar surface area (TPSA) is 37.3 Å². The van der Waals surface area contributed by atoms with Crippen molar-refractivity contribution in [2.75, 3.05) is 0 Å². The van der Waals surface area contributed by atoms with E-state index in [4.69, 9.17) is 0 Å². The van der Waals surface area contributed by atoms with Crippen molar-refractivity contribution >= 4 is 5.97 Å². The number of aryl methyl sites for hydroxylation is 1. The molecule has 86 valence electrons. The fourth-order valence-electron chi connectivity index (χ4n) is 2.50. The quantitative estimate of drug-likeness (QED) is 0.835. The second kappa shape index (κ2) is 3.58. The Morgan fingerprint density at radius 1 is 1.50 bits per heavy atom. The van der Waals surface area contributed by atoms with E-state index < -0.39 is 11.4 Å². The second-order valence-electron chi connectivity index (χ2n) is 4.93. The Kier molecular flexibility index (Phi) is 2.49. The van der Waals surface area contributed by atoms with Crippen molar-refractivity contribution < 1.29 is 14.3 Å². The van der Waals surface area contributed by atoms with Crippen LogP contribution in [0.3, 0.4) is 0 Å². The minimum atomic E-state index is -0.909. The van der Waals surface area contributed by atoms with E-state index in [1.165, 1.54) is 6.07 Å². The molecule has 3 heteroatoms. The third-order valence-electron chi connectivity index (χ3n) is 3.62. The molecule has 2 rings (SSSR count). The van der Waals surface area contributed by atoms with Crippen LogP contribution in [0.2, 0.25) is 0 Å². The van der Waals surface area contributed by atoms with Crippen LogP contribution in [0.1, 0.15) is 37.3 Å². The number of fused-ring (bicyclic) bond motifs is 1. The summed E-state index contributed by atoms with van der Waals surface area (Å²) in [4.78, 5) is 11.2. The van der Waals surface area contributed by atoms with E-state index in [1.807, 2.05) is 6.07 Å². The summed E-state index contributed by atoms with van der Waals surface area (Å²) in [6.07, 6.45) is 1.49. The van der Waals surface area contributed by atoms with E-state index in [9.17, 15) is 14.3 Å². The standard InChI is InChI=1S/C13H15FO2/c1-13(2,12(15)16)9-7-6-8-4-3-5-10(14)11(8)9/h3-5,9H,6-7H2,1-2H3,(H,15,16). The molecular formula is C13H15FO2. The fourth-order valence-corrected chi connectivity index (χ4v) is 2.50. The minimum Gasteiger partial charge on any atom is -0.481 e. The van der Waals surface area contributed by atoms with Gasteiger partial charge in [-0.15, -0.1) is 0 Å². The maximum atomic E-state index is 13.7. The Morgan fingerprint density at radius 3 is 2.81 bits per heavy atom. The third kappa shape index (κ3) is 1.51. The molecule has 0 heterocycles. The molecule has 0 aliphatic heterocycles. The predicted molar refractivity (Wildman–Crippen MR) is 58.9 cm³/mol. The van der Waals surface area contributed by atoms with Crippen molar-refractivity contribution in [1.29, 1.82) is 0 Å². The van der Waals surface area contributed by atoms with Gasteiger partial charge < -0.3 is 5.11 Å². The molecule has 0 saturated heterocycles. The molecule has 0 bridgehead atoms. The van der Waals surface area contributed by atoms with E-state index >= 15 is 0 Å². The SMILES string of the molecule is CC(C)(C(=O)O)C1CCc2cccc(F)c21. The van der Waals surface area contributed by atoms with Gasteiger partial charge in [0.25, 0.3) is 0 Å². The van der Waals surface area contributed by atoms with Crippen LogP contribution < -0.4 is 0 Å². The molecule has 0 radical (unpaired) electrons. The molecule has 0 aromatic heterocycles. The summed E-state index contributed by atoms with van der Waals surface area (Å²) in [6.45, 7) is 3.34. The summed E-state index contributed by atoms with van der Waals surface area (Å²) >= 11 is 0. The number of carboxylic acids is 1. The molecular weight excluding hydrogens is 207 g/mol. The zero-order chi connectivity index (χ0) is 11.9. The van der Waals surface area contributed by atoms with E-state index in [-0.39, 0.29) is 11.7 Å². The molecule has 1 aliphatic rings. The minimum absolute atomic E-state index is 0.221. The molecule has 2 nitrogen and oxygen atoms in total. The van der Waals surface area contributed by atoms with Gasteiger partial charge in [0.2, 0.25) is 0 Å². The van der Waals surface area contributed by atoms with E-state index in [2.05, 4.69) is 0 Å². The van der Waals surface area contributed by atoms with Crippen LogP contribution in [-0.4, -0.2) is 11.1 Å². The van der Waals surface area contributed by atoms with Gasteiger partial charge in [0, 0.05) is 5.92 Å². The highest BCUT2D eigenvalue weighted by atomic mass is 19.1. The molecule has 1 atom stereocenters. The van der Waals surface area contributed by atoms with Crippen molar-refractivity contribution in [3.05, 3.63) is 35.1 Å². The van der Waals surface area contributed by atoms with Gasteiger partial charge in [-0.25, -0.2) is 4.39 Å². The predicted octanol–water partition coefficient (Wildman–Crippen LogP) is 2.97. The fraction of sp³-hybridized carbons (Fsp3) is 0.462. The van der Waals surface area contributed by atoms with Gasteiger partial charge in [-0.3, -0.25) is 4.79 Å².